The van der Waals surface area contributed by atoms with Crippen LogP contribution in [0.5, 0.6) is 0 Å². The summed E-state index contributed by atoms with van der Waals surface area (Å²) in [5, 5.41) is 32.0. The van der Waals surface area contributed by atoms with Crippen molar-refractivity contribution in [1.82, 2.24) is 20.3 Å². The van der Waals surface area contributed by atoms with Crippen molar-refractivity contribution in [3.8, 4) is 0 Å². The van der Waals surface area contributed by atoms with E-state index >= 15 is 0 Å². The SMILES string of the molecule is CC(C)CN(C[C@@H](O)[C@H](Cc1ccccc1)NC(=O)[C@@H](NC(=O)CNC(C)(C)c1cccc(F)c1)C(C)(C)C)S(=O)(=O)c1ccc(N)c([N+](=O)[O-])c1. The summed E-state index contributed by atoms with van der Waals surface area (Å²) in [6, 6.07) is 16.1. The van der Waals surface area contributed by atoms with E-state index in [9.17, 15) is 37.6 Å². The predicted molar refractivity (Wildman–Crippen MR) is 198 cm³/mol. The van der Waals surface area contributed by atoms with Crippen LogP contribution in [0.1, 0.15) is 59.6 Å². The van der Waals surface area contributed by atoms with E-state index in [1.807, 2.05) is 6.07 Å². The molecule has 0 unspecified atom stereocenters. The van der Waals surface area contributed by atoms with Gasteiger partial charge in [0.05, 0.1) is 28.5 Å². The van der Waals surface area contributed by atoms with Crippen molar-refractivity contribution in [2.75, 3.05) is 25.4 Å². The van der Waals surface area contributed by atoms with Gasteiger partial charge in [-0.15, -0.1) is 0 Å². The summed E-state index contributed by atoms with van der Waals surface area (Å²) in [5.74, 6) is -1.70. The Labute approximate surface area is 305 Å². The lowest BCUT2D eigenvalue weighted by Gasteiger charge is -2.35. The van der Waals surface area contributed by atoms with E-state index in [1.165, 1.54) is 18.2 Å². The zero-order valence-corrected chi connectivity index (χ0v) is 31.5. The summed E-state index contributed by atoms with van der Waals surface area (Å²) in [4.78, 5) is 37.6. The number of aliphatic hydroxyl groups excluding tert-OH is 1. The van der Waals surface area contributed by atoms with Gasteiger partial charge in [0.1, 0.15) is 17.5 Å². The molecule has 52 heavy (non-hydrogen) atoms. The number of nitrogens with zero attached hydrogens (tertiary/aromatic N) is 2. The zero-order chi connectivity index (χ0) is 39.0. The quantitative estimate of drug-likeness (QED) is 0.0768. The number of halogens is 1. The average Bonchev–Trinajstić information content (AvgIpc) is 3.05. The Morgan fingerprint density at radius 1 is 0.962 bits per heavy atom. The first-order chi connectivity index (χ1) is 24.1. The molecule has 0 spiro atoms. The van der Waals surface area contributed by atoms with Gasteiger partial charge in [-0.05, 0) is 67.0 Å². The summed E-state index contributed by atoms with van der Waals surface area (Å²) >= 11 is 0. The van der Waals surface area contributed by atoms with Gasteiger partial charge in [0.15, 0.2) is 0 Å². The number of carbonyl (C=O) groups excluding carboxylic acids is 2. The molecule has 6 N–H and O–H groups in total. The third-order valence-electron chi connectivity index (χ3n) is 8.56. The average molecular weight is 743 g/mol. The number of hydrogen-bond acceptors (Lipinski definition) is 9. The number of amides is 2. The first-order valence-electron chi connectivity index (χ1n) is 17.0. The Bertz CT molecular complexity index is 1820. The maximum atomic E-state index is 14.0. The second-order valence-corrected chi connectivity index (χ2v) is 16.9. The largest absolute Gasteiger partial charge is 0.393 e. The number of hydrogen-bond donors (Lipinski definition) is 5. The summed E-state index contributed by atoms with van der Waals surface area (Å²) in [6.45, 7) is 11.8. The van der Waals surface area contributed by atoms with Crippen LogP contribution in [-0.4, -0.2) is 72.4 Å². The van der Waals surface area contributed by atoms with E-state index < -0.39 is 74.0 Å². The molecule has 0 fully saturated rings. The topological polar surface area (TPSA) is 197 Å². The Morgan fingerprint density at radius 3 is 2.19 bits per heavy atom. The molecule has 0 bridgehead atoms. The Morgan fingerprint density at radius 2 is 1.62 bits per heavy atom. The van der Waals surface area contributed by atoms with Crippen LogP contribution in [0, 0.1) is 27.3 Å². The molecular weight excluding hydrogens is 692 g/mol. The Kier molecular flexibility index (Phi) is 14.0. The van der Waals surface area contributed by atoms with Gasteiger partial charge < -0.3 is 21.5 Å². The molecular formula is C37H51FN6O7S. The molecule has 0 aliphatic rings. The van der Waals surface area contributed by atoms with Crippen LogP contribution in [0.15, 0.2) is 77.7 Å². The van der Waals surface area contributed by atoms with E-state index in [4.69, 9.17) is 5.73 Å². The van der Waals surface area contributed by atoms with Crippen molar-refractivity contribution in [3.05, 3.63) is 99.9 Å². The fraction of sp³-hybridized carbons (Fsp3) is 0.459. The number of aliphatic hydroxyl groups is 1. The number of sulfonamides is 1. The lowest BCUT2D eigenvalue weighted by molar-refractivity contribution is -0.384. The highest BCUT2D eigenvalue weighted by Crippen LogP contribution is 2.28. The highest BCUT2D eigenvalue weighted by atomic mass is 32.2. The fourth-order valence-electron chi connectivity index (χ4n) is 5.59. The first-order valence-corrected chi connectivity index (χ1v) is 18.4. The lowest BCUT2D eigenvalue weighted by atomic mass is 9.85. The third kappa shape index (κ3) is 11.5. The molecule has 0 heterocycles. The normalized spacial score (nSPS) is 14.1. The van der Waals surface area contributed by atoms with Crippen molar-refractivity contribution < 1.29 is 32.4 Å². The van der Waals surface area contributed by atoms with E-state index in [0.717, 1.165) is 22.0 Å². The summed E-state index contributed by atoms with van der Waals surface area (Å²) in [6.07, 6.45) is -1.34. The van der Waals surface area contributed by atoms with Gasteiger partial charge in [0, 0.05) is 24.7 Å². The van der Waals surface area contributed by atoms with Crippen molar-refractivity contribution >= 4 is 33.2 Å². The number of benzene rings is 3. The Hall–Kier alpha value is -4.44. The molecule has 2 amide bonds. The molecule has 0 saturated carbocycles. The van der Waals surface area contributed by atoms with Crippen molar-refractivity contribution in [2.24, 2.45) is 11.3 Å². The standard InChI is InChI=1S/C37H51FN6O7S/c1-24(2)22-43(52(50,51)28-16-17-29(39)31(20-28)44(48)49)23-32(45)30(18-25-12-9-8-10-13-25)41-35(47)34(36(3,4)5)42-33(46)21-40-37(6,7)26-14-11-15-27(38)19-26/h8-17,19-20,24,30,32,34,40,45H,18,21-23,39H2,1-7H3,(H,41,47)(H,42,46)/t30-,32+,34+/m0/s1. The number of nitrogens with one attached hydrogen (secondary N) is 3. The van der Waals surface area contributed by atoms with Crippen LogP contribution in [0.25, 0.3) is 0 Å². The molecule has 15 heteroatoms. The van der Waals surface area contributed by atoms with E-state index in [0.29, 0.717) is 5.56 Å². The first kappa shape index (κ1) is 42.0. The number of nitro groups is 1. The van der Waals surface area contributed by atoms with E-state index in [1.54, 1.807) is 84.9 Å². The number of nitrogens with two attached hydrogens (primary N) is 1. The summed E-state index contributed by atoms with van der Waals surface area (Å²) < 4.78 is 42.7. The van der Waals surface area contributed by atoms with Gasteiger partial charge in [0.25, 0.3) is 5.69 Å². The van der Waals surface area contributed by atoms with E-state index in [2.05, 4.69) is 16.0 Å². The van der Waals surface area contributed by atoms with Crippen molar-refractivity contribution in [3.63, 3.8) is 0 Å². The van der Waals surface area contributed by atoms with Gasteiger partial charge in [-0.3, -0.25) is 25.0 Å². The van der Waals surface area contributed by atoms with Gasteiger partial charge in [-0.1, -0.05) is 77.1 Å². The van der Waals surface area contributed by atoms with Gasteiger partial charge in [0.2, 0.25) is 21.8 Å². The minimum atomic E-state index is -4.38. The summed E-state index contributed by atoms with van der Waals surface area (Å²) in [5.41, 5.74) is 4.76. The minimum absolute atomic E-state index is 0.0385. The van der Waals surface area contributed by atoms with Crippen molar-refractivity contribution in [1.29, 1.82) is 0 Å². The molecule has 284 valence electrons. The number of anilines is 1. The van der Waals surface area contributed by atoms with Crippen LogP contribution in [0.4, 0.5) is 15.8 Å². The highest BCUT2D eigenvalue weighted by Gasteiger charge is 2.37. The number of rotatable bonds is 17. The van der Waals surface area contributed by atoms with Gasteiger partial charge in [-0.2, -0.15) is 4.31 Å². The molecule has 13 nitrogen and oxygen atoms in total. The Balaban J connectivity index is 1.88. The fourth-order valence-corrected chi connectivity index (χ4v) is 7.23. The van der Waals surface area contributed by atoms with Gasteiger partial charge in [-0.25, -0.2) is 12.8 Å². The number of nitrogen functional groups attached to an aromatic ring is 1. The molecule has 0 aromatic heterocycles. The maximum Gasteiger partial charge on any atom is 0.293 e. The minimum Gasteiger partial charge on any atom is -0.393 e. The molecule has 0 aliphatic carbocycles. The molecule has 0 radical (unpaired) electrons. The predicted octanol–water partition coefficient (Wildman–Crippen LogP) is 4.11. The van der Waals surface area contributed by atoms with E-state index in [-0.39, 0.29) is 36.0 Å². The third-order valence-corrected chi connectivity index (χ3v) is 10.4. The van der Waals surface area contributed by atoms with Crippen LogP contribution >= 0.6 is 0 Å². The molecule has 0 aliphatic heterocycles. The monoisotopic (exact) mass is 742 g/mol. The molecule has 3 rings (SSSR count). The van der Waals surface area contributed by atoms with Crippen LogP contribution in [-0.2, 0) is 31.6 Å². The van der Waals surface area contributed by atoms with Crippen molar-refractivity contribution in [2.45, 2.75) is 83.5 Å². The molecule has 3 atom stereocenters. The zero-order valence-electron chi connectivity index (χ0n) is 30.7. The number of carbonyl (C=O) groups is 2. The molecule has 3 aromatic carbocycles. The van der Waals surface area contributed by atoms with Gasteiger partial charge >= 0.3 is 0 Å². The summed E-state index contributed by atoms with van der Waals surface area (Å²) in [7, 11) is -4.38. The second kappa shape index (κ2) is 17.4. The lowest BCUT2D eigenvalue weighted by Crippen LogP contribution is -2.59. The maximum absolute atomic E-state index is 14.0. The number of nitro benzene ring substituents is 1. The molecule has 3 aromatic rings. The highest BCUT2D eigenvalue weighted by molar-refractivity contribution is 7.89. The van der Waals surface area contributed by atoms with Crippen LogP contribution in [0.2, 0.25) is 0 Å². The van der Waals surface area contributed by atoms with Crippen LogP contribution in [0.3, 0.4) is 0 Å². The second-order valence-electron chi connectivity index (χ2n) is 14.9. The smallest absolute Gasteiger partial charge is 0.293 e. The molecule has 0 saturated heterocycles. The van der Waals surface area contributed by atoms with Crippen LogP contribution < -0.4 is 21.7 Å².